The number of ketones is 1. The number of likely N-dealkylation sites (tertiary alicyclic amines) is 1. The van der Waals surface area contributed by atoms with Crippen LogP contribution in [0.4, 0.5) is 5.69 Å². The van der Waals surface area contributed by atoms with E-state index < -0.39 is 29.8 Å². The predicted molar refractivity (Wildman–Crippen MR) is 163 cm³/mol. The van der Waals surface area contributed by atoms with Crippen LogP contribution >= 0.6 is 22.7 Å². The Hall–Kier alpha value is -3.30. The number of carbonyl (C=O) groups is 4. The van der Waals surface area contributed by atoms with Crippen LogP contribution in [0, 0.1) is 32.6 Å². The van der Waals surface area contributed by atoms with Crippen molar-refractivity contribution in [2.24, 2.45) is 17.6 Å². The second-order valence-electron chi connectivity index (χ2n) is 11.4. The van der Waals surface area contributed by atoms with Crippen molar-refractivity contribution in [3.05, 3.63) is 73.1 Å². The molecule has 2 aromatic heterocycles. The second-order valence-corrected chi connectivity index (χ2v) is 13.8. The van der Waals surface area contributed by atoms with Gasteiger partial charge in [0.1, 0.15) is 6.04 Å². The third-order valence-electron chi connectivity index (χ3n) is 8.56. The summed E-state index contributed by atoms with van der Waals surface area (Å²) in [5.74, 6) is -2.53. The van der Waals surface area contributed by atoms with Crippen LogP contribution in [0.15, 0.2) is 41.8 Å². The Bertz CT molecular complexity index is 1470. The van der Waals surface area contributed by atoms with E-state index in [9.17, 15) is 19.2 Å². The van der Waals surface area contributed by atoms with Gasteiger partial charge in [-0.2, -0.15) is 0 Å². The smallest absolute Gasteiger partial charge is 0.240 e. The fourth-order valence-corrected chi connectivity index (χ4v) is 8.78. The van der Waals surface area contributed by atoms with Crippen molar-refractivity contribution in [1.29, 1.82) is 0 Å². The number of Topliss-reactive ketones (excluding diaryl/α,β-unsaturated/α-hetero) is 1. The average Bonchev–Trinajstić information content (AvgIpc) is 3.62. The summed E-state index contributed by atoms with van der Waals surface area (Å²) in [6.07, 6.45) is 4.58. The minimum Gasteiger partial charge on any atom is -0.368 e. The molecule has 3 N–H and O–H groups in total. The van der Waals surface area contributed by atoms with E-state index in [2.05, 4.69) is 5.32 Å². The summed E-state index contributed by atoms with van der Waals surface area (Å²) in [7, 11) is 0. The first kappa shape index (κ1) is 29.2. The lowest BCUT2D eigenvalue weighted by atomic mass is 9.76. The van der Waals surface area contributed by atoms with E-state index in [4.69, 9.17) is 5.73 Å². The van der Waals surface area contributed by atoms with Gasteiger partial charge in [0.25, 0.3) is 0 Å². The predicted octanol–water partition coefficient (Wildman–Crippen LogP) is 6.29. The molecule has 7 nitrogen and oxygen atoms in total. The Morgan fingerprint density at radius 3 is 2.20 bits per heavy atom. The summed E-state index contributed by atoms with van der Waals surface area (Å²) < 4.78 is 0. The third-order valence-corrected chi connectivity index (χ3v) is 10.6. The molecule has 3 aromatic rings. The molecule has 4 atom stereocenters. The fourth-order valence-electron chi connectivity index (χ4n) is 6.78. The highest BCUT2D eigenvalue weighted by atomic mass is 32.1. The zero-order valence-electron chi connectivity index (χ0n) is 23.9. The molecular weight excluding hydrogens is 555 g/mol. The summed E-state index contributed by atoms with van der Waals surface area (Å²) in [5.41, 5.74) is 9.15. The number of nitrogens with two attached hydrogens (primary N) is 1. The highest BCUT2D eigenvalue weighted by Gasteiger charge is 2.58. The molecule has 41 heavy (non-hydrogen) atoms. The van der Waals surface area contributed by atoms with E-state index in [-0.39, 0.29) is 23.5 Å². The molecule has 0 spiro atoms. The number of rotatable bonds is 7. The molecule has 2 aliphatic rings. The number of amides is 3. The Morgan fingerprint density at radius 2 is 1.66 bits per heavy atom. The number of hydrogen-bond acceptors (Lipinski definition) is 6. The largest absolute Gasteiger partial charge is 0.368 e. The highest BCUT2D eigenvalue weighted by molar-refractivity contribution is 7.12. The zero-order chi connectivity index (χ0) is 29.4. The number of nitrogens with one attached hydrogen (secondary N) is 1. The van der Waals surface area contributed by atoms with Gasteiger partial charge in [0.15, 0.2) is 5.78 Å². The molecule has 1 saturated carbocycles. The van der Waals surface area contributed by atoms with Gasteiger partial charge in [-0.05, 0) is 74.4 Å². The van der Waals surface area contributed by atoms with Gasteiger partial charge in [-0.25, -0.2) is 0 Å². The van der Waals surface area contributed by atoms with Crippen LogP contribution in [-0.4, -0.2) is 34.4 Å². The highest BCUT2D eigenvalue weighted by Crippen LogP contribution is 2.54. The number of aryl methyl sites for hydroxylation is 3. The van der Waals surface area contributed by atoms with Gasteiger partial charge in [0.2, 0.25) is 17.7 Å². The Balaban J connectivity index is 1.72. The number of carbonyl (C=O) groups excluding carboxylic acids is 4. The van der Waals surface area contributed by atoms with Crippen molar-refractivity contribution in [2.75, 3.05) is 5.32 Å². The maximum absolute atomic E-state index is 14.7. The van der Waals surface area contributed by atoms with Gasteiger partial charge < -0.3 is 16.0 Å². The molecule has 5 rings (SSSR count). The molecule has 0 bridgehead atoms. The van der Waals surface area contributed by atoms with E-state index >= 15 is 0 Å². The summed E-state index contributed by atoms with van der Waals surface area (Å²) >= 11 is 3.09. The number of nitrogens with zero attached hydrogens (tertiary/aromatic N) is 1. The molecule has 2 fully saturated rings. The van der Waals surface area contributed by atoms with Crippen LogP contribution < -0.4 is 11.1 Å². The number of thiophene rings is 2. The van der Waals surface area contributed by atoms with Gasteiger partial charge >= 0.3 is 0 Å². The monoisotopic (exact) mass is 591 g/mol. The second kappa shape index (κ2) is 11.9. The normalized spacial score (nSPS) is 23.0. The SMILES string of the molecule is CC(=O)Nc1ccc(C2C(C(=O)c3cc(C)sc3C)C(c3sccc3C)N(C(=O)C3CCCCC3)C2C(N)=O)cc1. The molecule has 216 valence electrons. The first-order valence-corrected chi connectivity index (χ1v) is 15.9. The van der Waals surface area contributed by atoms with Crippen LogP contribution in [0.3, 0.4) is 0 Å². The van der Waals surface area contributed by atoms with Gasteiger partial charge in [0, 0.05) is 44.6 Å². The number of hydrogen-bond donors (Lipinski definition) is 2. The molecule has 1 aliphatic carbocycles. The van der Waals surface area contributed by atoms with Gasteiger partial charge in [-0.3, -0.25) is 19.2 Å². The quantitative estimate of drug-likeness (QED) is 0.315. The van der Waals surface area contributed by atoms with E-state index in [0.717, 1.165) is 57.9 Å². The lowest BCUT2D eigenvalue weighted by Gasteiger charge is -2.34. The van der Waals surface area contributed by atoms with Crippen molar-refractivity contribution < 1.29 is 19.2 Å². The van der Waals surface area contributed by atoms with E-state index in [1.807, 2.05) is 50.4 Å². The summed E-state index contributed by atoms with van der Waals surface area (Å²) in [6, 6.07) is 9.53. The van der Waals surface area contributed by atoms with Crippen LogP contribution in [-0.2, 0) is 14.4 Å². The van der Waals surface area contributed by atoms with Crippen LogP contribution in [0.25, 0.3) is 0 Å². The minimum absolute atomic E-state index is 0.0780. The molecule has 4 unspecified atom stereocenters. The molecular formula is C32H37N3O4S2. The first-order valence-electron chi connectivity index (χ1n) is 14.2. The summed E-state index contributed by atoms with van der Waals surface area (Å²) in [6.45, 7) is 7.36. The standard InChI is InChI=1S/C32H37N3O4S2/c1-17-14-15-40-30(17)27-26(29(37)24-16-18(2)41-19(24)3)25(21-10-12-23(13-11-21)34-20(4)36)28(31(33)38)35(27)32(39)22-8-6-5-7-9-22/h10-16,22,25-28H,5-9H2,1-4H3,(H2,33,38)(H,34,36). The number of benzene rings is 1. The molecule has 1 saturated heterocycles. The summed E-state index contributed by atoms with van der Waals surface area (Å²) in [5, 5.41) is 4.75. The Morgan fingerprint density at radius 1 is 0.976 bits per heavy atom. The van der Waals surface area contributed by atoms with Crippen molar-refractivity contribution in [3.8, 4) is 0 Å². The Kier molecular flexibility index (Phi) is 8.47. The molecule has 1 aromatic carbocycles. The molecule has 9 heteroatoms. The van der Waals surface area contributed by atoms with Crippen LogP contribution in [0.2, 0.25) is 0 Å². The topological polar surface area (TPSA) is 110 Å². The van der Waals surface area contributed by atoms with Crippen molar-refractivity contribution >= 4 is 51.9 Å². The fraction of sp³-hybridized carbons (Fsp3) is 0.438. The molecule has 3 amide bonds. The van der Waals surface area contributed by atoms with Crippen LogP contribution in [0.1, 0.15) is 87.1 Å². The van der Waals surface area contributed by atoms with E-state index in [1.165, 1.54) is 18.3 Å². The number of anilines is 1. The van der Waals surface area contributed by atoms with Crippen molar-refractivity contribution in [1.82, 2.24) is 4.90 Å². The Labute approximate surface area is 249 Å². The van der Waals surface area contributed by atoms with E-state index in [1.54, 1.807) is 28.4 Å². The van der Waals surface area contributed by atoms with Crippen molar-refractivity contribution in [2.45, 2.75) is 77.8 Å². The first-order chi connectivity index (χ1) is 19.6. The minimum atomic E-state index is -0.989. The molecule has 3 heterocycles. The molecule has 0 radical (unpaired) electrons. The van der Waals surface area contributed by atoms with E-state index in [0.29, 0.717) is 11.3 Å². The lowest BCUT2D eigenvalue weighted by molar-refractivity contribution is -0.144. The molecule has 1 aliphatic heterocycles. The van der Waals surface area contributed by atoms with Crippen LogP contribution in [0.5, 0.6) is 0 Å². The average molecular weight is 592 g/mol. The van der Waals surface area contributed by atoms with Gasteiger partial charge in [0.05, 0.1) is 12.0 Å². The van der Waals surface area contributed by atoms with Gasteiger partial charge in [-0.1, -0.05) is 31.4 Å². The summed E-state index contributed by atoms with van der Waals surface area (Å²) in [4.78, 5) is 58.7. The van der Waals surface area contributed by atoms with Crippen molar-refractivity contribution in [3.63, 3.8) is 0 Å². The third kappa shape index (κ3) is 5.62. The number of primary amides is 1. The lowest BCUT2D eigenvalue weighted by Crippen LogP contribution is -2.49. The van der Waals surface area contributed by atoms with Gasteiger partial charge in [-0.15, -0.1) is 22.7 Å². The zero-order valence-corrected chi connectivity index (χ0v) is 25.6. The maximum Gasteiger partial charge on any atom is 0.240 e. The maximum atomic E-state index is 14.7.